The van der Waals surface area contributed by atoms with Crippen molar-refractivity contribution < 1.29 is 23.8 Å². The Kier molecular flexibility index (Phi) is 54.0. The summed E-state index contributed by atoms with van der Waals surface area (Å²) in [6.07, 6.45) is 82.0. The van der Waals surface area contributed by atoms with Gasteiger partial charge in [-0.3, -0.25) is 9.59 Å². The van der Waals surface area contributed by atoms with Crippen LogP contribution in [0.5, 0.6) is 0 Å². The van der Waals surface area contributed by atoms with Gasteiger partial charge in [-0.1, -0.05) is 225 Å². The molecule has 0 aromatic heterocycles. The van der Waals surface area contributed by atoms with Crippen LogP contribution in [0.3, 0.4) is 0 Å². The van der Waals surface area contributed by atoms with Gasteiger partial charge >= 0.3 is 11.9 Å². The van der Waals surface area contributed by atoms with Gasteiger partial charge in [0.25, 0.3) is 0 Å². The molecule has 0 heterocycles. The topological polar surface area (TPSA) is 61.8 Å². The molecule has 68 heavy (non-hydrogen) atoms. The average molecular weight is 940 g/mol. The van der Waals surface area contributed by atoms with Crippen LogP contribution in [0.25, 0.3) is 0 Å². The maximum absolute atomic E-state index is 12.8. The minimum Gasteiger partial charge on any atom is -0.462 e. The first-order chi connectivity index (χ1) is 33.6. The fraction of sp³-hybridized carbons (Fsp3) is 0.619. The molecule has 0 aliphatic carbocycles. The smallest absolute Gasteiger partial charge is 0.306 e. The van der Waals surface area contributed by atoms with Crippen molar-refractivity contribution in [2.75, 3.05) is 19.8 Å². The monoisotopic (exact) mass is 939 g/mol. The number of hydrogen-bond acceptors (Lipinski definition) is 5. The Morgan fingerprint density at radius 3 is 1.13 bits per heavy atom. The van der Waals surface area contributed by atoms with Gasteiger partial charge in [0, 0.05) is 19.4 Å². The summed E-state index contributed by atoms with van der Waals surface area (Å²) < 4.78 is 17.3. The number of carbonyl (C=O) groups excluding carboxylic acids is 2. The second-order valence-electron chi connectivity index (χ2n) is 17.7. The molecule has 5 heteroatoms. The van der Waals surface area contributed by atoms with Gasteiger partial charge in [-0.2, -0.15) is 0 Å². The van der Waals surface area contributed by atoms with Crippen LogP contribution < -0.4 is 0 Å². The highest BCUT2D eigenvalue weighted by molar-refractivity contribution is 5.70. The fourth-order valence-corrected chi connectivity index (χ4v) is 7.11. The van der Waals surface area contributed by atoms with E-state index in [4.69, 9.17) is 14.2 Å². The first-order valence-electron chi connectivity index (χ1n) is 27.7. The Hall–Kier alpha value is -3.96. The highest BCUT2D eigenvalue weighted by Crippen LogP contribution is 2.13. The second-order valence-corrected chi connectivity index (χ2v) is 17.7. The van der Waals surface area contributed by atoms with Crippen LogP contribution in [0.4, 0.5) is 0 Å². The third-order valence-electron chi connectivity index (χ3n) is 11.2. The molecule has 1 unspecified atom stereocenters. The van der Waals surface area contributed by atoms with Crippen LogP contribution in [0.1, 0.15) is 226 Å². The summed E-state index contributed by atoms with van der Waals surface area (Å²) in [5.74, 6) is -0.524. The summed E-state index contributed by atoms with van der Waals surface area (Å²) >= 11 is 0. The zero-order valence-corrected chi connectivity index (χ0v) is 44.1. The average Bonchev–Trinajstić information content (AvgIpc) is 3.34. The molecule has 0 bridgehead atoms. The maximum atomic E-state index is 12.8. The highest BCUT2D eigenvalue weighted by Gasteiger charge is 2.17. The molecule has 0 aliphatic heterocycles. The summed E-state index contributed by atoms with van der Waals surface area (Å²) in [4.78, 5) is 25.5. The summed E-state index contributed by atoms with van der Waals surface area (Å²) in [7, 11) is 0. The Balaban J connectivity index is 4.48. The van der Waals surface area contributed by atoms with Crippen molar-refractivity contribution in [1.82, 2.24) is 0 Å². The van der Waals surface area contributed by atoms with E-state index in [9.17, 15) is 9.59 Å². The van der Waals surface area contributed by atoms with E-state index in [1.54, 1.807) is 0 Å². The largest absolute Gasteiger partial charge is 0.462 e. The van der Waals surface area contributed by atoms with Crippen LogP contribution in [0.15, 0.2) is 134 Å². The molecule has 0 aromatic carbocycles. The molecule has 5 nitrogen and oxygen atoms in total. The van der Waals surface area contributed by atoms with Gasteiger partial charge in [0.2, 0.25) is 0 Å². The molecular formula is C63H102O5. The minimum atomic E-state index is -0.596. The highest BCUT2D eigenvalue weighted by atomic mass is 16.6. The third kappa shape index (κ3) is 54.6. The number of rotatable bonds is 49. The number of hydrogen-bond donors (Lipinski definition) is 0. The van der Waals surface area contributed by atoms with Crippen molar-refractivity contribution >= 4 is 11.9 Å². The van der Waals surface area contributed by atoms with E-state index < -0.39 is 6.10 Å². The van der Waals surface area contributed by atoms with Crippen LogP contribution in [0.2, 0.25) is 0 Å². The van der Waals surface area contributed by atoms with Crippen LogP contribution in [-0.4, -0.2) is 37.9 Å². The Morgan fingerprint density at radius 2 is 0.691 bits per heavy atom. The third-order valence-corrected chi connectivity index (χ3v) is 11.2. The van der Waals surface area contributed by atoms with Crippen molar-refractivity contribution in [1.29, 1.82) is 0 Å². The lowest BCUT2D eigenvalue weighted by Gasteiger charge is -2.18. The lowest BCUT2D eigenvalue weighted by Crippen LogP contribution is -2.30. The van der Waals surface area contributed by atoms with E-state index in [0.29, 0.717) is 25.9 Å². The van der Waals surface area contributed by atoms with Gasteiger partial charge in [-0.15, -0.1) is 0 Å². The molecule has 0 spiro atoms. The van der Waals surface area contributed by atoms with Gasteiger partial charge < -0.3 is 14.2 Å². The van der Waals surface area contributed by atoms with Gasteiger partial charge in [-0.25, -0.2) is 0 Å². The molecular weight excluding hydrogens is 837 g/mol. The Labute approximate surface area is 419 Å². The van der Waals surface area contributed by atoms with Crippen molar-refractivity contribution in [3.8, 4) is 0 Å². The molecule has 1 atom stereocenters. The molecule has 0 saturated carbocycles. The number of esters is 2. The molecule has 0 aliphatic rings. The lowest BCUT2D eigenvalue weighted by molar-refractivity contribution is -0.162. The van der Waals surface area contributed by atoms with Crippen LogP contribution >= 0.6 is 0 Å². The second kappa shape index (κ2) is 57.4. The predicted octanol–water partition coefficient (Wildman–Crippen LogP) is 19.1. The predicted molar refractivity (Wildman–Crippen MR) is 297 cm³/mol. The van der Waals surface area contributed by atoms with Crippen molar-refractivity contribution in [3.05, 3.63) is 134 Å². The number of ether oxygens (including phenoxy) is 3. The fourth-order valence-electron chi connectivity index (χ4n) is 7.11. The summed E-state index contributed by atoms with van der Waals surface area (Å²) in [6, 6.07) is 0. The molecule has 384 valence electrons. The first kappa shape index (κ1) is 64.0. The van der Waals surface area contributed by atoms with Gasteiger partial charge in [0.05, 0.1) is 6.61 Å². The Morgan fingerprint density at radius 1 is 0.338 bits per heavy atom. The van der Waals surface area contributed by atoms with Crippen LogP contribution in [0, 0.1) is 0 Å². The van der Waals surface area contributed by atoms with Crippen molar-refractivity contribution in [2.45, 2.75) is 232 Å². The van der Waals surface area contributed by atoms with Crippen molar-refractivity contribution in [2.24, 2.45) is 0 Å². The van der Waals surface area contributed by atoms with E-state index in [1.165, 1.54) is 77.0 Å². The summed E-state index contributed by atoms with van der Waals surface area (Å²) in [6.45, 7) is 7.43. The minimum absolute atomic E-state index is 0.0222. The summed E-state index contributed by atoms with van der Waals surface area (Å²) in [5, 5.41) is 0. The Bertz CT molecular complexity index is 1430. The van der Waals surface area contributed by atoms with Gasteiger partial charge in [-0.05, 0) is 122 Å². The van der Waals surface area contributed by atoms with E-state index in [0.717, 1.165) is 109 Å². The molecule has 0 fully saturated rings. The molecule has 0 saturated heterocycles. The van der Waals surface area contributed by atoms with E-state index in [1.807, 2.05) is 6.08 Å². The van der Waals surface area contributed by atoms with Crippen molar-refractivity contribution in [3.63, 3.8) is 0 Å². The SMILES string of the molecule is CC/C=C\C/C=C\C/C=C\C/C=C\C/C=C\C/C=C\CCC(=O)OCC(COCCCCC/C=C\C/C=C\C/C=C\C/C=C\CC)OC(=O)CCCCCCCCC/C=C\CCCCCCCC. The number of unbranched alkanes of at least 4 members (excludes halogenated alkanes) is 16. The van der Waals surface area contributed by atoms with Crippen LogP contribution in [-0.2, 0) is 23.8 Å². The zero-order valence-electron chi connectivity index (χ0n) is 44.1. The molecule has 0 rings (SSSR count). The maximum Gasteiger partial charge on any atom is 0.306 e. The van der Waals surface area contributed by atoms with E-state index >= 15 is 0 Å². The number of carbonyl (C=O) groups is 2. The first-order valence-corrected chi connectivity index (χ1v) is 27.7. The zero-order chi connectivity index (χ0) is 49.2. The van der Waals surface area contributed by atoms with Gasteiger partial charge in [0.1, 0.15) is 6.61 Å². The summed E-state index contributed by atoms with van der Waals surface area (Å²) in [5.41, 5.74) is 0. The normalized spacial score (nSPS) is 13.3. The molecule has 0 N–H and O–H groups in total. The quantitative estimate of drug-likeness (QED) is 0.0345. The van der Waals surface area contributed by atoms with E-state index in [-0.39, 0.29) is 25.2 Å². The lowest BCUT2D eigenvalue weighted by atomic mass is 10.1. The molecule has 0 aromatic rings. The standard InChI is InChI=1S/C63H102O5/c1-4-7-10-13-16-19-22-25-28-31-32-34-35-38-41-44-47-50-53-56-62(64)67-60-61(59-66-58-55-52-49-46-43-40-37-30-27-24-21-18-15-12-9-6-3)68-63(65)57-54-51-48-45-42-39-36-33-29-26-23-20-17-14-11-8-5-2/h7,9-10,12,16,18-19,21,25-30,32,34,38,40-41,43,47,50,61H,4-6,8,11,13-15,17,20,22-24,31,33,35-37,39,42,44-46,48-49,51-60H2,1-3H3/b10-7-,12-9-,19-16-,21-18-,28-25-,29-26-,30-27-,34-32-,41-38-,43-40-,50-47-. The van der Waals surface area contributed by atoms with Gasteiger partial charge in [0.15, 0.2) is 6.10 Å². The molecule has 0 radical (unpaired) electrons. The molecule has 0 amide bonds. The van der Waals surface area contributed by atoms with E-state index in [2.05, 4.69) is 148 Å². The number of allylic oxidation sites excluding steroid dienone is 22.